The lowest BCUT2D eigenvalue weighted by molar-refractivity contribution is -0.148. The number of carboxylic acid groups (broad SMARTS) is 1. The van der Waals surface area contributed by atoms with E-state index in [0.29, 0.717) is 32.1 Å². The lowest BCUT2D eigenvalue weighted by Crippen LogP contribution is -2.67. The van der Waals surface area contributed by atoms with Crippen LogP contribution < -0.4 is 90.4 Å². The molecule has 131 heavy (non-hydrogen) atoms. The number of carboxylic acids is 1. The van der Waals surface area contributed by atoms with Crippen molar-refractivity contribution in [2.75, 3.05) is 39.3 Å². The fourth-order valence-electron chi connectivity index (χ4n) is 14.4. The van der Waals surface area contributed by atoms with Crippen molar-refractivity contribution in [3.05, 3.63) is 0 Å². The van der Waals surface area contributed by atoms with Gasteiger partial charge in [-0.2, -0.15) is 0 Å². The molecule has 0 saturated carbocycles. The average molecular weight is 1850 g/mol. The van der Waals surface area contributed by atoms with Crippen LogP contribution in [0.1, 0.15) is 302 Å². The molecule has 0 aromatic heterocycles. The molecule has 20 amide bonds. The van der Waals surface area contributed by atoms with Gasteiger partial charge in [0.15, 0.2) is 0 Å². The maximum Gasteiger partial charge on any atom is 0.305 e. The highest BCUT2D eigenvalue weighted by Gasteiger charge is 2.51. The Morgan fingerprint density at radius 1 is 0.275 bits per heavy atom. The van der Waals surface area contributed by atoms with Crippen molar-refractivity contribution in [1.29, 1.82) is 0 Å². The van der Waals surface area contributed by atoms with E-state index >= 15 is 0 Å². The van der Waals surface area contributed by atoms with E-state index in [1.54, 1.807) is 13.8 Å². The zero-order chi connectivity index (χ0) is 101. The molecule has 740 valence electrons. The summed E-state index contributed by atoms with van der Waals surface area (Å²) in [6.45, 7) is 36.9. The number of carbonyl (C=O) groups is 21. The van der Waals surface area contributed by atoms with E-state index in [-0.39, 0.29) is 83.7 Å². The van der Waals surface area contributed by atoms with Crippen LogP contribution in [-0.2, 0) is 101 Å². The highest BCUT2D eigenvalue weighted by Crippen LogP contribution is 2.28. The maximum atomic E-state index is 14.4. The third kappa shape index (κ3) is 34.5. The molecule has 0 aromatic rings. The fourth-order valence-corrected chi connectivity index (χ4v) is 14.4. The van der Waals surface area contributed by atoms with Crippen molar-refractivity contribution in [2.45, 2.75) is 399 Å². The Labute approximate surface area is 770 Å². The Hall–Kier alpha value is -11.1. The van der Waals surface area contributed by atoms with E-state index in [1.165, 1.54) is 206 Å². The first-order valence-electron chi connectivity index (χ1n) is 45.4. The summed E-state index contributed by atoms with van der Waals surface area (Å²) in [6, 6.07) is -6.76. The standard InChI is InChI=1S/C89H152N20O22/c1-27-28-29-30-31-32-33-34-35-42-59(111)97-87(21,22)76(129)108-50-37-40-56(108)66(119)100-85(17,18)74(127)106-89(25,26)78(131)109-51-38-41-57(109)67(120)101-84(15,16)73(126)105-88(23,24)77(130)107-49-36-39-55(107)65(118)94-54(4)64(117)98-79(5,6)68(121)91-46-43-58(110)93-53(3)63(116)99-83(13,14)72(125)102-80(7,8)69(122)92-47-44-60(112)96-82(11,12)71(124)104-86(19,20)75(128)103-81(9,10)70(123)95-52(2)62(115)90-48-45-61(113)114/h52-57H,27-51H2,1-26H3,(H,90,115)(H,91,121)(H,92,122)(H,93,110)(H,94,118)(H,95,123)(H,96,112)(H,97,111)(H,98,117)(H,99,116)(H,100,119)(H,101,120)(H,102,125)(H,103,128)(H,104,124)(H,105,126)(H,106,127)(H,113,114)/t52-,53-,54-,55-,56+,57+/m0/s1. The number of unbranched alkanes of at least 4 members (excludes halogenated alkanes) is 8. The lowest BCUT2D eigenvalue weighted by Gasteiger charge is -2.38. The minimum Gasteiger partial charge on any atom is -0.481 e. The predicted octanol–water partition coefficient (Wildman–Crippen LogP) is -0.159. The Bertz CT molecular complexity index is 4220. The van der Waals surface area contributed by atoms with E-state index in [9.17, 15) is 101 Å². The van der Waals surface area contributed by atoms with Gasteiger partial charge in [0.25, 0.3) is 0 Å². The normalized spacial score (nSPS) is 16.5. The predicted molar refractivity (Wildman–Crippen MR) is 484 cm³/mol. The summed E-state index contributed by atoms with van der Waals surface area (Å²) < 4.78 is 0. The number of nitrogens with zero attached hydrogens (tertiary/aromatic N) is 3. The van der Waals surface area contributed by atoms with E-state index < -0.39 is 215 Å². The smallest absolute Gasteiger partial charge is 0.305 e. The summed E-state index contributed by atoms with van der Waals surface area (Å²) in [4.78, 5) is 287. The molecule has 18 N–H and O–H groups in total. The number of nitrogens with one attached hydrogen (secondary N) is 17. The molecule has 0 spiro atoms. The van der Waals surface area contributed by atoms with Crippen molar-refractivity contribution >= 4 is 124 Å². The Morgan fingerprint density at radius 2 is 0.550 bits per heavy atom. The molecule has 0 bridgehead atoms. The van der Waals surface area contributed by atoms with Crippen molar-refractivity contribution in [3.8, 4) is 0 Å². The van der Waals surface area contributed by atoms with Gasteiger partial charge in [0.2, 0.25) is 118 Å². The van der Waals surface area contributed by atoms with Crippen LogP contribution in [0.4, 0.5) is 0 Å². The number of carbonyl (C=O) groups excluding carboxylic acids is 20. The number of hydrogen-bond donors (Lipinski definition) is 18. The summed E-state index contributed by atoms with van der Waals surface area (Å²) >= 11 is 0. The molecule has 0 unspecified atom stereocenters. The minimum absolute atomic E-state index is 0.0902. The number of rotatable bonds is 50. The second-order valence-corrected chi connectivity index (χ2v) is 40.4. The fraction of sp³-hybridized carbons (Fsp3) is 0.764. The third-order valence-electron chi connectivity index (χ3n) is 23.1. The second kappa shape index (κ2) is 47.3. The quantitative estimate of drug-likeness (QED) is 0.0352. The average Bonchev–Trinajstić information content (AvgIpc) is 1.71. The molecule has 3 rings (SSSR count). The highest BCUT2D eigenvalue weighted by molar-refractivity contribution is 6.04. The van der Waals surface area contributed by atoms with Gasteiger partial charge in [-0.15, -0.1) is 0 Å². The summed E-state index contributed by atoms with van der Waals surface area (Å²) in [5, 5.41) is 52.8. The van der Waals surface area contributed by atoms with Crippen LogP contribution in [0.25, 0.3) is 0 Å². The van der Waals surface area contributed by atoms with Crippen molar-refractivity contribution < 1.29 is 106 Å². The summed E-state index contributed by atoms with van der Waals surface area (Å²) in [5.41, 5.74) is -17.9. The Kier molecular flexibility index (Phi) is 41.2. The zero-order valence-corrected chi connectivity index (χ0v) is 82.0. The van der Waals surface area contributed by atoms with Gasteiger partial charge in [-0.25, -0.2) is 0 Å². The molecule has 3 heterocycles. The number of amides is 20. The van der Waals surface area contributed by atoms with E-state index in [2.05, 4.69) is 97.3 Å². The largest absolute Gasteiger partial charge is 0.481 e. The summed E-state index contributed by atoms with van der Waals surface area (Å²) in [6.07, 6.45) is 10.9. The molecule has 42 heteroatoms. The van der Waals surface area contributed by atoms with Gasteiger partial charge in [0.1, 0.15) is 97.2 Å². The van der Waals surface area contributed by atoms with Crippen LogP contribution in [0.3, 0.4) is 0 Å². The van der Waals surface area contributed by atoms with Gasteiger partial charge >= 0.3 is 5.97 Å². The highest BCUT2D eigenvalue weighted by atomic mass is 16.4. The molecule has 3 fully saturated rings. The first kappa shape index (κ1) is 114. The number of hydrogen-bond acceptors (Lipinski definition) is 21. The molecule has 3 saturated heterocycles. The van der Waals surface area contributed by atoms with E-state index in [1.807, 2.05) is 0 Å². The minimum atomic E-state index is -1.71. The van der Waals surface area contributed by atoms with Gasteiger partial charge in [-0.1, -0.05) is 58.3 Å². The maximum absolute atomic E-state index is 14.4. The lowest BCUT2D eigenvalue weighted by atomic mass is 9.96. The SMILES string of the molecule is CCCCCCCCCCCC(=O)NC(C)(C)C(=O)N1CCC[C@@H]1C(=O)NC(C)(C)C(=O)NC(C)(C)C(=O)N1CCC[C@@H]1C(=O)NC(C)(C)C(=O)NC(C)(C)C(=O)N1CCC[C@H]1C(=O)N[C@@H](C)C(=O)NC(C)(C)C(=O)NCCC(=O)N[C@@H](C)C(=O)NC(C)(C)C(=O)NC(C)(C)C(=O)NCCC(=O)NC(C)(C)C(=O)NC(C)(C)C(=O)NC(C)(C)C(=O)N[C@@H](C)C(=O)NCCC(=O)O. The zero-order valence-electron chi connectivity index (χ0n) is 82.0. The van der Waals surface area contributed by atoms with Gasteiger partial charge in [-0.3, -0.25) is 101 Å². The monoisotopic (exact) mass is 1850 g/mol. The molecular weight excluding hydrogens is 1700 g/mol. The van der Waals surface area contributed by atoms with Crippen molar-refractivity contribution in [1.82, 2.24) is 105 Å². The van der Waals surface area contributed by atoms with Crippen LogP contribution >= 0.6 is 0 Å². The molecular formula is C89H152N20O22. The van der Waals surface area contributed by atoms with Crippen LogP contribution in [0.5, 0.6) is 0 Å². The molecule has 0 aromatic carbocycles. The van der Waals surface area contributed by atoms with Crippen molar-refractivity contribution in [2.24, 2.45) is 0 Å². The third-order valence-corrected chi connectivity index (χ3v) is 23.1. The van der Waals surface area contributed by atoms with Crippen LogP contribution in [0, 0.1) is 0 Å². The summed E-state index contributed by atoms with van der Waals surface area (Å²) in [7, 11) is 0. The van der Waals surface area contributed by atoms with E-state index in [0.717, 1.165) is 19.3 Å². The van der Waals surface area contributed by atoms with Crippen molar-refractivity contribution in [3.63, 3.8) is 0 Å². The van der Waals surface area contributed by atoms with Gasteiger partial charge in [0, 0.05) is 58.5 Å². The molecule has 0 aliphatic carbocycles. The number of aliphatic carboxylic acids is 1. The first-order valence-corrected chi connectivity index (χ1v) is 45.4. The molecule has 6 atom stereocenters. The van der Waals surface area contributed by atoms with Crippen LogP contribution in [0.15, 0.2) is 0 Å². The second-order valence-electron chi connectivity index (χ2n) is 40.4. The topological polar surface area (TPSA) is 593 Å². The molecule has 3 aliphatic rings. The van der Waals surface area contributed by atoms with Crippen LogP contribution in [-0.4, -0.2) is 280 Å². The first-order chi connectivity index (χ1) is 60.0. The van der Waals surface area contributed by atoms with Gasteiger partial charge in [0.05, 0.1) is 6.42 Å². The summed E-state index contributed by atoms with van der Waals surface area (Å²) in [5.74, 6) is -15.1. The Morgan fingerprint density at radius 3 is 0.939 bits per heavy atom. The van der Waals surface area contributed by atoms with Gasteiger partial charge in [-0.05, 0) is 218 Å². The molecule has 42 nitrogen and oxygen atoms in total. The Balaban J connectivity index is 1.47. The van der Waals surface area contributed by atoms with Gasteiger partial charge < -0.3 is 110 Å². The molecule has 3 aliphatic heterocycles. The molecule has 0 radical (unpaired) electrons. The van der Waals surface area contributed by atoms with Crippen LogP contribution in [0.2, 0.25) is 0 Å². The van der Waals surface area contributed by atoms with E-state index in [4.69, 9.17) is 5.11 Å². The number of likely N-dealkylation sites (tertiary alicyclic amines) is 3.